The predicted molar refractivity (Wildman–Crippen MR) is 116 cm³/mol. The Labute approximate surface area is 180 Å². The molecule has 2 aromatic carbocycles. The summed E-state index contributed by atoms with van der Waals surface area (Å²) in [6, 6.07) is 16.0. The smallest absolute Gasteiger partial charge is 0.264 e. The molecular formula is C20H11Cl3N2O2S. The summed E-state index contributed by atoms with van der Waals surface area (Å²) in [5, 5.41) is 4.66. The topological polar surface area (TPSA) is 54.6 Å². The molecule has 1 aliphatic heterocycles. The van der Waals surface area contributed by atoms with E-state index in [0.29, 0.717) is 42.3 Å². The molecule has 0 saturated carbocycles. The van der Waals surface area contributed by atoms with E-state index in [1.54, 1.807) is 36.4 Å². The van der Waals surface area contributed by atoms with Crippen molar-refractivity contribution < 1.29 is 9.21 Å². The number of aliphatic imine (C=N–C) groups is 1. The average molecular weight is 450 g/mol. The Morgan fingerprint density at radius 1 is 1.00 bits per heavy atom. The maximum absolute atomic E-state index is 12.3. The molecule has 2 heterocycles. The number of rotatable bonds is 3. The van der Waals surface area contributed by atoms with E-state index in [1.165, 1.54) is 11.8 Å². The van der Waals surface area contributed by atoms with Crippen molar-refractivity contribution in [3.63, 3.8) is 0 Å². The molecular weight excluding hydrogens is 439 g/mol. The van der Waals surface area contributed by atoms with Crippen LogP contribution in [0.5, 0.6) is 0 Å². The van der Waals surface area contributed by atoms with Crippen LogP contribution in [-0.2, 0) is 4.79 Å². The number of hydrogen-bond acceptors (Lipinski definition) is 4. The van der Waals surface area contributed by atoms with Crippen LogP contribution in [0, 0.1) is 0 Å². The number of benzene rings is 2. The van der Waals surface area contributed by atoms with E-state index in [2.05, 4.69) is 10.3 Å². The molecule has 140 valence electrons. The number of furan rings is 1. The molecule has 1 aliphatic rings. The van der Waals surface area contributed by atoms with E-state index in [-0.39, 0.29) is 5.91 Å². The minimum absolute atomic E-state index is 0.260. The lowest BCUT2D eigenvalue weighted by Gasteiger charge is -2.00. The van der Waals surface area contributed by atoms with E-state index in [9.17, 15) is 4.79 Å². The molecule has 0 unspecified atom stereocenters. The Balaban J connectivity index is 1.57. The fourth-order valence-electron chi connectivity index (χ4n) is 2.53. The van der Waals surface area contributed by atoms with Gasteiger partial charge in [0.15, 0.2) is 5.17 Å². The molecule has 1 amide bonds. The van der Waals surface area contributed by atoms with Gasteiger partial charge in [0.2, 0.25) is 0 Å². The minimum Gasteiger partial charge on any atom is -0.457 e. The Hall–Kier alpha value is -2.18. The number of amidine groups is 1. The summed E-state index contributed by atoms with van der Waals surface area (Å²) in [5.41, 5.74) is 1.31. The highest BCUT2D eigenvalue weighted by Gasteiger charge is 2.24. The van der Waals surface area contributed by atoms with Crippen molar-refractivity contribution in [2.75, 3.05) is 0 Å². The summed E-state index contributed by atoms with van der Waals surface area (Å²) >= 11 is 19.4. The van der Waals surface area contributed by atoms with Gasteiger partial charge in [0, 0.05) is 16.7 Å². The molecule has 0 spiro atoms. The van der Waals surface area contributed by atoms with Gasteiger partial charge in [-0.3, -0.25) is 4.79 Å². The first-order valence-electron chi connectivity index (χ1n) is 8.09. The molecule has 0 radical (unpaired) electrons. The maximum Gasteiger partial charge on any atom is 0.264 e. The lowest BCUT2D eigenvalue weighted by atomic mass is 10.2. The summed E-state index contributed by atoms with van der Waals surface area (Å²) in [6.45, 7) is 0. The van der Waals surface area contributed by atoms with Crippen LogP contribution in [0.2, 0.25) is 15.1 Å². The minimum atomic E-state index is -0.260. The summed E-state index contributed by atoms with van der Waals surface area (Å²) in [5.74, 6) is 0.908. The molecule has 4 nitrogen and oxygen atoms in total. The molecule has 0 aliphatic carbocycles. The van der Waals surface area contributed by atoms with Gasteiger partial charge in [-0.25, -0.2) is 4.99 Å². The van der Waals surface area contributed by atoms with Gasteiger partial charge < -0.3 is 9.73 Å². The first-order chi connectivity index (χ1) is 13.5. The van der Waals surface area contributed by atoms with Crippen LogP contribution >= 0.6 is 46.6 Å². The predicted octanol–water partition coefficient (Wildman–Crippen LogP) is 6.80. The van der Waals surface area contributed by atoms with E-state index in [4.69, 9.17) is 39.2 Å². The van der Waals surface area contributed by atoms with Crippen LogP contribution in [0.15, 0.2) is 68.9 Å². The monoisotopic (exact) mass is 448 g/mol. The number of carbonyl (C=O) groups excluding carboxylic acids is 1. The second kappa shape index (κ2) is 8.05. The molecule has 8 heteroatoms. The zero-order chi connectivity index (χ0) is 19.7. The van der Waals surface area contributed by atoms with Gasteiger partial charge >= 0.3 is 0 Å². The molecule has 0 atom stereocenters. The zero-order valence-electron chi connectivity index (χ0n) is 14.1. The van der Waals surface area contributed by atoms with E-state index < -0.39 is 0 Å². The third kappa shape index (κ3) is 4.13. The van der Waals surface area contributed by atoms with E-state index in [0.717, 1.165) is 5.56 Å². The van der Waals surface area contributed by atoms with Crippen molar-refractivity contribution in [1.82, 2.24) is 5.32 Å². The number of amides is 1. The zero-order valence-corrected chi connectivity index (χ0v) is 17.2. The molecule has 3 aromatic rings. The van der Waals surface area contributed by atoms with Gasteiger partial charge in [0.05, 0.1) is 20.6 Å². The summed E-state index contributed by atoms with van der Waals surface area (Å²) < 4.78 is 5.82. The van der Waals surface area contributed by atoms with Crippen LogP contribution in [0.1, 0.15) is 5.76 Å². The second-order valence-electron chi connectivity index (χ2n) is 5.76. The number of thioether (sulfide) groups is 1. The van der Waals surface area contributed by atoms with Crippen LogP contribution < -0.4 is 5.32 Å². The first-order valence-corrected chi connectivity index (χ1v) is 10.0. The van der Waals surface area contributed by atoms with Gasteiger partial charge in [0.25, 0.3) is 5.91 Å². The Morgan fingerprint density at radius 3 is 2.61 bits per heavy atom. The van der Waals surface area contributed by atoms with Crippen molar-refractivity contribution in [3.8, 4) is 11.3 Å². The van der Waals surface area contributed by atoms with Gasteiger partial charge in [-0.05, 0) is 54.2 Å². The summed E-state index contributed by atoms with van der Waals surface area (Å²) in [4.78, 5) is 17.1. The molecule has 0 bridgehead atoms. The number of hydrogen-bond donors (Lipinski definition) is 1. The summed E-state index contributed by atoms with van der Waals surface area (Å²) in [6.07, 6.45) is 1.66. The highest BCUT2D eigenvalue weighted by Crippen LogP contribution is 2.34. The van der Waals surface area contributed by atoms with Gasteiger partial charge in [-0.15, -0.1) is 0 Å². The van der Waals surface area contributed by atoms with Crippen LogP contribution in [-0.4, -0.2) is 11.1 Å². The Bertz CT molecular complexity index is 1140. The molecule has 28 heavy (non-hydrogen) atoms. The third-order valence-corrected chi connectivity index (χ3v) is 5.60. The molecule has 1 N–H and O–H groups in total. The van der Waals surface area contributed by atoms with Crippen molar-refractivity contribution in [2.24, 2.45) is 4.99 Å². The van der Waals surface area contributed by atoms with Crippen LogP contribution in [0.4, 0.5) is 5.69 Å². The molecule has 1 fully saturated rings. The van der Waals surface area contributed by atoms with Gasteiger partial charge in [-0.1, -0.05) is 46.9 Å². The van der Waals surface area contributed by atoms with Crippen molar-refractivity contribution >= 4 is 69.4 Å². The molecule has 1 saturated heterocycles. The number of carbonyl (C=O) groups is 1. The highest BCUT2D eigenvalue weighted by atomic mass is 35.5. The number of nitrogens with zero attached hydrogens (tertiary/aromatic N) is 1. The summed E-state index contributed by atoms with van der Waals surface area (Å²) in [7, 11) is 0. The Kier molecular flexibility index (Phi) is 5.51. The third-order valence-electron chi connectivity index (χ3n) is 3.82. The van der Waals surface area contributed by atoms with Crippen molar-refractivity contribution in [1.29, 1.82) is 0 Å². The number of halogens is 3. The first kappa shape index (κ1) is 19.2. The van der Waals surface area contributed by atoms with E-state index in [1.807, 2.05) is 24.3 Å². The molecule has 4 rings (SSSR count). The molecule has 1 aromatic heterocycles. The van der Waals surface area contributed by atoms with Gasteiger partial charge in [0.1, 0.15) is 11.5 Å². The normalized spacial score (nSPS) is 16.8. The quantitative estimate of drug-likeness (QED) is 0.447. The highest BCUT2D eigenvalue weighted by molar-refractivity contribution is 8.18. The Morgan fingerprint density at radius 2 is 1.82 bits per heavy atom. The second-order valence-corrected chi connectivity index (χ2v) is 8.04. The fourth-order valence-corrected chi connectivity index (χ4v) is 4.02. The maximum atomic E-state index is 12.3. The average Bonchev–Trinajstić information content (AvgIpc) is 3.25. The standard InChI is InChI=1S/C20H11Cl3N2O2S/c21-11-5-7-16(15(23)9-11)24-20-25-19(26)18(28-20)10-12-6-8-17(27-12)13-3-1-2-4-14(13)22/h1-10H,(H,24,25,26)/b18-10+. The van der Waals surface area contributed by atoms with Crippen LogP contribution in [0.25, 0.3) is 17.4 Å². The number of nitrogens with one attached hydrogen (secondary N) is 1. The fraction of sp³-hybridized carbons (Fsp3) is 0. The van der Waals surface area contributed by atoms with E-state index >= 15 is 0 Å². The van der Waals surface area contributed by atoms with Crippen molar-refractivity contribution in [3.05, 3.63) is 80.3 Å². The largest absolute Gasteiger partial charge is 0.457 e. The van der Waals surface area contributed by atoms with Gasteiger partial charge in [-0.2, -0.15) is 0 Å². The van der Waals surface area contributed by atoms with Crippen molar-refractivity contribution in [2.45, 2.75) is 0 Å². The SMILES string of the molecule is O=C1NC(=Nc2ccc(Cl)cc2Cl)S/C1=C/c1ccc(-c2ccccc2Cl)o1. The lowest BCUT2D eigenvalue weighted by molar-refractivity contribution is -0.115. The van der Waals surface area contributed by atoms with Crippen LogP contribution in [0.3, 0.4) is 0 Å². The lowest BCUT2D eigenvalue weighted by Crippen LogP contribution is -2.19.